The summed E-state index contributed by atoms with van der Waals surface area (Å²) in [6.07, 6.45) is 0. The number of phenolic OH excluding ortho intramolecular Hbond substituents is 1. The molecule has 0 unspecified atom stereocenters. The van der Waals surface area contributed by atoms with Gasteiger partial charge in [0, 0.05) is 17.8 Å². The van der Waals surface area contributed by atoms with E-state index in [1.807, 2.05) is 30.3 Å². The van der Waals surface area contributed by atoms with Crippen LogP contribution >= 0.6 is 0 Å². The van der Waals surface area contributed by atoms with E-state index in [-0.39, 0.29) is 23.0 Å². The molecular weight excluding hydrogens is 294 g/mol. The zero-order valence-corrected chi connectivity index (χ0v) is 13.0. The van der Waals surface area contributed by atoms with E-state index >= 15 is 0 Å². The van der Waals surface area contributed by atoms with Gasteiger partial charge in [0.1, 0.15) is 0 Å². The van der Waals surface area contributed by atoms with Crippen LogP contribution in [0.2, 0.25) is 0 Å². The quantitative estimate of drug-likeness (QED) is 0.738. The number of nitrogens with zero attached hydrogens (tertiary/aromatic N) is 1. The van der Waals surface area contributed by atoms with Crippen molar-refractivity contribution in [1.82, 2.24) is 0 Å². The third-order valence-electron chi connectivity index (χ3n) is 4.45. The van der Waals surface area contributed by atoms with Gasteiger partial charge < -0.3 is 19.5 Å². The molecule has 1 aliphatic heterocycles. The largest absolute Gasteiger partial charge is 0.504 e. The molecule has 116 valence electrons. The molecule has 0 saturated heterocycles. The van der Waals surface area contributed by atoms with E-state index in [9.17, 15) is 9.90 Å². The zero-order valence-electron chi connectivity index (χ0n) is 13.0. The molecule has 3 aromatic carbocycles. The Morgan fingerprint density at radius 3 is 2.43 bits per heavy atom. The van der Waals surface area contributed by atoms with Crippen LogP contribution in [0.5, 0.6) is 17.2 Å². The average Bonchev–Trinajstić information content (AvgIpc) is 2.82. The third kappa shape index (κ3) is 1.54. The van der Waals surface area contributed by atoms with Gasteiger partial charge in [-0.2, -0.15) is 0 Å². The lowest BCUT2D eigenvalue weighted by Gasteiger charge is -2.16. The SMILES string of the molecule is COc1c(O)c2c3c(cc4ccccc4c3c1OC)N(C)C2=O. The van der Waals surface area contributed by atoms with Gasteiger partial charge >= 0.3 is 0 Å². The van der Waals surface area contributed by atoms with Crippen molar-refractivity contribution in [3.8, 4) is 17.2 Å². The minimum Gasteiger partial charge on any atom is -0.504 e. The molecule has 3 aromatic rings. The van der Waals surface area contributed by atoms with E-state index in [1.54, 1.807) is 11.9 Å². The second-order valence-electron chi connectivity index (χ2n) is 5.52. The molecule has 0 saturated carbocycles. The fourth-order valence-electron chi connectivity index (χ4n) is 3.41. The van der Waals surface area contributed by atoms with Gasteiger partial charge in [0.05, 0.1) is 25.5 Å². The van der Waals surface area contributed by atoms with Gasteiger partial charge in [0.15, 0.2) is 11.5 Å². The molecule has 1 heterocycles. The number of aromatic hydroxyl groups is 1. The summed E-state index contributed by atoms with van der Waals surface area (Å²) in [5, 5.41) is 14.0. The summed E-state index contributed by atoms with van der Waals surface area (Å²) >= 11 is 0. The van der Waals surface area contributed by atoms with Gasteiger partial charge in [-0.3, -0.25) is 4.79 Å². The van der Waals surface area contributed by atoms with E-state index in [2.05, 4.69) is 0 Å². The van der Waals surface area contributed by atoms with Crippen LogP contribution in [0.15, 0.2) is 30.3 Å². The van der Waals surface area contributed by atoms with Crippen LogP contribution in [0.3, 0.4) is 0 Å². The molecule has 5 nitrogen and oxygen atoms in total. The van der Waals surface area contributed by atoms with Crippen molar-refractivity contribution in [3.63, 3.8) is 0 Å². The predicted octanol–water partition coefficient (Wildman–Crippen LogP) is 3.31. The number of hydrogen-bond donors (Lipinski definition) is 1. The van der Waals surface area contributed by atoms with Crippen LogP contribution < -0.4 is 14.4 Å². The third-order valence-corrected chi connectivity index (χ3v) is 4.45. The van der Waals surface area contributed by atoms with Gasteiger partial charge in [0.25, 0.3) is 5.91 Å². The highest BCUT2D eigenvalue weighted by Crippen LogP contribution is 2.53. The molecule has 5 heteroatoms. The molecule has 0 aromatic heterocycles. The fraction of sp³-hybridized carbons (Fsp3) is 0.167. The topological polar surface area (TPSA) is 59.0 Å². The number of ether oxygens (including phenoxy) is 2. The van der Waals surface area contributed by atoms with Gasteiger partial charge in [0.2, 0.25) is 5.75 Å². The molecule has 23 heavy (non-hydrogen) atoms. The van der Waals surface area contributed by atoms with Crippen molar-refractivity contribution in [1.29, 1.82) is 0 Å². The summed E-state index contributed by atoms with van der Waals surface area (Å²) in [5.74, 6) is 0.187. The summed E-state index contributed by atoms with van der Waals surface area (Å²) in [6, 6.07) is 9.80. The zero-order chi connectivity index (χ0) is 16.3. The molecular formula is C18H15NO4. The predicted molar refractivity (Wildman–Crippen MR) is 89.0 cm³/mol. The van der Waals surface area contributed by atoms with E-state index in [0.29, 0.717) is 11.1 Å². The van der Waals surface area contributed by atoms with Gasteiger partial charge in [-0.1, -0.05) is 24.3 Å². The molecule has 4 rings (SSSR count). The smallest absolute Gasteiger partial charge is 0.262 e. The molecule has 1 aliphatic rings. The second-order valence-corrected chi connectivity index (χ2v) is 5.52. The first-order valence-corrected chi connectivity index (χ1v) is 7.20. The van der Waals surface area contributed by atoms with E-state index in [0.717, 1.165) is 21.8 Å². The summed E-state index contributed by atoms with van der Waals surface area (Å²) in [5.41, 5.74) is 1.02. The molecule has 0 atom stereocenters. The number of carbonyl (C=O) groups is 1. The van der Waals surface area contributed by atoms with Crippen molar-refractivity contribution in [3.05, 3.63) is 35.9 Å². The molecule has 1 amide bonds. The molecule has 0 radical (unpaired) electrons. The molecule has 0 spiro atoms. The Balaban J connectivity index is 2.37. The number of hydrogen-bond acceptors (Lipinski definition) is 4. The minimum absolute atomic E-state index is 0.178. The van der Waals surface area contributed by atoms with Crippen molar-refractivity contribution in [2.24, 2.45) is 0 Å². The maximum atomic E-state index is 12.6. The first kappa shape index (κ1) is 13.7. The lowest BCUT2D eigenvalue weighted by Crippen LogP contribution is -2.20. The highest BCUT2D eigenvalue weighted by molar-refractivity contribution is 6.32. The molecule has 0 bridgehead atoms. The van der Waals surface area contributed by atoms with Gasteiger partial charge in [-0.15, -0.1) is 0 Å². The number of phenols is 1. The number of carbonyl (C=O) groups excluding carboxylic acids is 1. The fourth-order valence-corrected chi connectivity index (χ4v) is 3.41. The van der Waals surface area contributed by atoms with Crippen LogP contribution in [-0.2, 0) is 0 Å². The van der Waals surface area contributed by atoms with Gasteiger partial charge in [-0.25, -0.2) is 0 Å². The van der Waals surface area contributed by atoms with Crippen molar-refractivity contribution in [2.75, 3.05) is 26.2 Å². The first-order chi connectivity index (χ1) is 11.1. The summed E-state index contributed by atoms with van der Waals surface area (Å²) in [6.45, 7) is 0. The summed E-state index contributed by atoms with van der Waals surface area (Å²) < 4.78 is 10.9. The van der Waals surface area contributed by atoms with Crippen LogP contribution in [0.1, 0.15) is 10.4 Å². The first-order valence-electron chi connectivity index (χ1n) is 7.20. The Kier molecular flexibility index (Phi) is 2.69. The number of fused-ring (bicyclic) bond motifs is 2. The number of anilines is 1. The molecule has 0 aliphatic carbocycles. The van der Waals surface area contributed by atoms with Crippen molar-refractivity contribution >= 4 is 33.1 Å². The highest BCUT2D eigenvalue weighted by Gasteiger charge is 2.35. The van der Waals surface area contributed by atoms with E-state index in [1.165, 1.54) is 14.2 Å². The normalized spacial score (nSPS) is 13.2. The lowest BCUT2D eigenvalue weighted by molar-refractivity contribution is 0.0996. The van der Waals surface area contributed by atoms with Crippen LogP contribution in [0.25, 0.3) is 21.5 Å². The van der Waals surface area contributed by atoms with Crippen molar-refractivity contribution in [2.45, 2.75) is 0 Å². The number of methoxy groups -OCH3 is 2. The Morgan fingerprint density at radius 2 is 1.74 bits per heavy atom. The monoisotopic (exact) mass is 309 g/mol. The van der Waals surface area contributed by atoms with Crippen LogP contribution in [0, 0.1) is 0 Å². The maximum absolute atomic E-state index is 12.6. The highest BCUT2D eigenvalue weighted by atomic mass is 16.5. The van der Waals surface area contributed by atoms with Crippen LogP contribution in [-0.4, -0.2) is 32.3 Å². The molecule has 1 N–H and O–H groups in total. The summed E-state index contributed by atoms with van der Waals surface area (Å²) in [4.78, 5) is 14.2. The standard InChI is InChI=1S/C18H15NO4/c1-19-11-8-9-6-4-5-7-10(9)12-13(11)14(18(19)21)15(20)17(23-3)16(12)22-2/h4-8,20H,1-3H3. The number of benzene rings is 3. The van der Waals surface area contributed by atoms with E-state index < -0.39 is 0 Å². The second kappa shape index (κ2) is 4.52. The maximum Gasteiger partial charge on any atom is 0.262 e. The number of amides is 1. The average molecular weight is 309 g/mol. The minimum atomic E-state index is -0.251. The lowest BCUT2D eigenvalue weighted by atomic mass is 9.96. The Hall–Kier alpha value is -2.95. The Bertz CT molecular complexity index is 994. The Labute approximate surface area is 132 Å². The summed E-state index contributed by atoms with van der Waals surface area (Å²) in [7, 11) is 4.68. The molecule has 0 fully saturated rings. The van der Waals surface area contributed by atoms with E-state index in [4.69, 9.17) is 9.47 Å². The van der Waals surface area contributed by atoms with Crippen LogP contribution in [0.4, 0.5) is 5.69 Å². The van der Waals surface area contributed by atoms with Gasteiger partial charge in [-0.05, 0) is 16.8 Å². The Morgan fingerprint density at radius 1 is 1.04 bits per heavy atom. The number of rotatable bonds is 2. The van der Waals surface area contributed by atoms with Crippen molar-refractivity contribution < 1.29 is 19.4 Å².